The molecule has 5 heteroatoms. The molecular formula is C20H27N5. The number of aromatic nitrogens is 2. The molecule has 1 aromatic carbocycles. The van der Waals surface area contributed by atoms with Gasteiger partial charge in [-0.05, 0) is 37.7 Å². The Balaban J connectivity index is 1.64. The van der Waals surface area contributed by atoms with Crippen molar-refractivity contribution in [3.8, 4) is 0 Å². The first-order valence-electron chi connectivity index (χ1n) is 9.39. The summed E-state index contributed by atoms with van der Waals surface area (Å²) in [5, 5.41) is 3.51. The Morgan fingerprint density at radius 3 is 2.60 bits per heavy atom. The Kier molecular flexibility index (Phi) is 4.34. The van der Waals surface area contributed by atoms with Gasteiger partial charge >= 0.3 is 0 Å². The van der Waals surface area contributed by atoms with Gasteiger partial charge in [-0.15, -0.1) is 0 Å². The number of nitrogens with two attached hydrogens (primary N) is 2. The van der Waals surface area contributed by atoms with E-state index in [2.05, 4.69) is 45.6 Å². The zero-order valence-electron chi connectivity index (χ0n) is 14.7. The van der Waals surface area contributed by atoms with E-state index in [4.69, 9.17) is 11.5 Å². The molecule has 4 rings (SSSR count). The second-order valence-corrected chi connectivity index (χ2v) is 7.57. The van der Waals surface area contributed by atoms with Gasteiger partial charge in [-0.1, -0.05) is 43.2 Å². The first-order valence-corrected chi connectivity index (χ1v) is 9.39. The molecule has 0 aliphatic heterocycles. The fourth-order valence-corrected chi connectivity index (χ4v) is 4.35. The minimum absolute atomic E-state index is 0.111. The van der Waals surface area contributed by atoms with Crippen LogP contribution in [-0.2, 0) is 6.42 Å². The van der Waals surface area contributed by atoms with E-state index in [0.717, 1.165) is 50.2 Å². The Morgan fingerprint density at radius 2 is 1.84 bits per heavy atom. The smallest absolute Gasteiger partial charge is 0.222 e. The molecule has 1 aromatic heterocycles. The molecule has 1 fully saturated rings. The zero-order chi connectivity index (χ0) is 17.3. The number of anilines is 2. The average Bonchev–Trinajstić information content (AvgIpc) is 3.07. The summed E-state index contributed by atoms with van der Waals surface area (Å²) in [4.78, 5) is 9.13. The Morgan fingerprint density at radius 1 is 1.08 bits per heavy atom. The topological polar surface area (TPSA) is 89.8 Å². The van der Waals surface area contributed by atoms with Gasteiger partial charge in [0.05, 0.1) is 5.69 Å². The molecular weight excluding hydrogens is 310 g/mol. The SMILES string of the molecule is Nc1nc(NCC2(N)CCCC2)c2c(n1)C(c1ccccc1)CCC2. The van der Waals surface area contributed by atoms with E-state index < -0.39 is 0 Å². The minimum Gasteiger partial charge on any atom is -0.368 e. The second kappa shape index (κ2) is 6.64. The van der Waals surface area contributed by atoms with Crippen molar-refractivity contribution in [3.63, 3.8) is 0 Å². The lowest BCUT2D eigenvalue weighted by molar-refractivity contribution is 0.463. The summed E-state index contributed by atoms with van der Waals surface area (Å²) in [6.07, 6.45) is 7.84. The molecule has 1 heterocycles. The predicted molar refractivity (Wildman–Crippen MR) is 102 cm³/mol. The Labute approximate surface area is 149 Å². The van der Waals surface area contributed by atoms with Crippen LogP contribution < -0.4 is 16.8 Å². The van der Waals surface area contributed by atoms with Crippen LogP contribution in [-0.4, -0.2) is 22.1 Å². The first-order chi connectivity index (χ1) is 12.1. The first kappa shape index (κ1) is 16.3. The number of benzene rings is 1. The van der Waals surface area contributed by atoms with Crippen molar-refractivity contribution in [3.05, 3.63) is 47.2 Å². The maximum absolute atomic E-state index is 6.50. The predicted octanol–water partition coefficient (Wildman–Crippen LogP) is 3.21. The van der Waals surface area contributed by atoms with Crippen molar-refractivity contribution in [2.75, 3.05) is 17.6 Å². The second-order valence-electron chi connectivity index (χ2n) is 7.57. The van der Waals surface area contributed by atoms with Gasteiger partial charge in [0.15, 0.2) is 0 Å². The maximum Gasteiger partial charge on any atom is 0.222 e. The van der Waals surface area contributed by atoms with Gasteiger partial charge in [-0.2, -0.15) is 4.98 Å². The van der Waals surface area contributed by atoms with Crippen LogP contribution in [0.15, 0.2) is 30.3 Å². The quantitative estimate of drug-likeness (QED) is 0.797. The number of fused-ring (bicyclic) bond motifs is 1. The number of nitrogens with zero attached hydrogens (tertiary/aromatic N) is 2. The highest BCUT2D eigenvalue weighted by Crippen LogP contribution is 2.38. The van der Waals surface area contributed by atoms with Gasteiger partial charge in [0.25, 0.3) is 0 Å². The standard InChI is InChI=1S/C20H27N5/c21-19-24-17-15(14-7-2-1-3-8-14)9-6-10-16(17)18(25-19)23-13-20(22)11-4-5-12-20/h1-3,7-8,15H,4-6,9-13,22H2,(H3,21,23,24,25). The van der Waals surface area contributed by atoms with Crippen molar-refractivity contribution >= 4 is 11.8 Å². The lowest BCUT2D eigenvalue weighted by Gasteiger charge is -2.29. The number of nitrogens with one attached hydrogen (secondary N) is 1. The third-order valence-corrected chi connectivity index (χ3v) is 5.72. The van der Waals surface area contributed by atoms with Gasteiger partial charge in [-0.3, -0.25) is 0 Å². The van der Waals surface area contributed by atoms with Crippen LogP contribution in [0.2, 0.25) is 0 Å². The van der Waals surface area contributed by atoms with E-state index in [1.807, 2.05) is 0 Å². The highest BCUT2D eigenvalue weighted by atomic mass is 15.1. The number of hydrogen-bond acceptors (Lipinski definition) is 5. The van der Waals surface area contributed by atoms with E-state index in [0.29, 0.717) is 11.9 Å². The molecule has 0 amide bonds. The van der Waals surface area contributed by atoms with Crippen LogP contribution in [0.3, 0.4) is 0 Å². The van der Waals surface area contributed by atoms with Gasteiger partial charge < -0.3 is 16.8 Å². The summed E-state index contributed by atoms with van der Waals surface area (Å²) in [6, 6.07) is 10.6. The van der Waals surface area contributed by atoms with E-state index in [-0.39, 0.29) is 5.54 Å². The summed E-state index contributed by atoms with van der Waals surface area (Å²) in [5.41, 5.74) is 16.0. The summed E-state index contributed by atoms with van der Waals surface area (Å²) in [5.74, 6) is 1.54. The molecule has 0 saturated heterocycles. The molecule has 2 aliphatic carbocycles. The molecule has 0 spiro atoms. The highest BCUT2D eigenvalue weighted by Gasteiger charge is 2.31. The molecule has 1 atom stereocenters. The van der Waals surface area contributed by atoms with Crippen molar-refractivity contribution in [1.82, 2.24) is 9.97 Å². The average molecular weight is 337 g/mol. The fraction of sp³-hybridized carbons (Fsp3) is 0.500. The minimum atomic E-state index is -0.111. The van der Waals surface area contributed by atoms with Crippen molar-refractivity contribution in [1.29, 1.82) is 0 Å². The summed E-state index contributed by atoms with van der Waals surface area (Å²) < 4.78 is 0. The van der Waals surface area contributed by atoms with Crippen molar-refractivity contribution in [2.24, 2.45) is 5.73 Å². The van der Waals surface area contributed by atoms with Crippen LogP contribution >= 0.6 is 0 Å². The van der Waals surface area contributed by atoms with E-state index in [1.54, 1.807) is 0 Å². The van der Waals surface area contributed by atoms with Gasteiger partial charge in [0.2, 0.25) is 5.95 Å². The molecule has 2 aliphatic rings. The molecule has 5 N–H and O–H groups in total. The molecule has 1 saturated carbocycles. The monoisotopic (exact) mass is 337 g/mol. The molecule has 25 heavy (non-hydrogen) atoms. The lowest BCUT2D eigenvalue weighted by atomic mass is 9.82. The largest absolute Gasteiger partial charge is 0.368 e. The molecule has 0 radical (unpaired) electrons. The van der Waals surface area contributed by atoms with E-state index >= 15 is 0 Å². The van der Waals surface area contributed by atoms with Crippen LogP contribution in [0.5, 0.6) is 0 Å². The van der Waals surface area contributed by atoms with Crippen LogP contribution in [0.1, 0.15) is 61.3 Å². The maximum atomic E-state index is 6.50. The van der Waals surface area contributed by atoms with Crippen molar-refractivity contribution in [2.45, 2.75) is 56.4 Å². The third kappa shape index (κ3) is 3.33. The number of rotatable bonds is 4. The molecule has 0 bridgehead atoms. The van der Waals surface area contributed by atoms with Gasteiger partial charge in [-0.25, -0.2) is 4.98 Å². The summed E-state index contributed by atoms with van der Waals surface area (Å²) >= 11 is 0. The van der Waals surface area contributed by atoms with Gasteiger partial charge in [0.1, 0.15) is 5.82 Å². The van der Waals surface area contributed by atoms with Crippen LogP contribution in [0, 0.1) is 0 Å². The van der Waals surface area contributed by atoms with Gasteiger partial charge in [0, 0.05) is 23.6 Å². The molecule has 1 unspecified atom stereocenters. The summed E-state index contributed by atoms with van der Waals surface area (Å²) in [7, 11) is 0. The van der Waals surface area contributed by atoms with Crippen LogP contribution in [0.25, 0.3) is 0 Å². The number of hydrogen-bond donors (Lipinski definition) is 3. The van der Waals surface area contributed by atoms with Crippen LogP contribution in [0.4, 0.5) is 11.8 Å². The lowest BCUT2D eigenvalue weighted by Crippen LogP contribution is -2.43. The third-order valence-electron chi connectivity index (χ3n) is 5.72. The van der Waals surface area contributed by atoms with Crippen molar-refractivity contribution < 1.29 is 0 Å². The van der Waals surface area contributed by atoms with E-state index in [1.165, 1.54) is 24.0 Å². The van der Waals surface area contributed by atoms with E-state index in [9.17, 15) is 0 Å². The number of nitrogen functional groups attached to an aromatic ring is 1. The highest BCUT2D eigenvalue weighted by molar-refractivity contribution is 5.53. The zero-order valence-corrected chi connectivity index (χ0v) is 14.7. The fourth-order valence-electron chi connectivity index (χ4n) is 4.35. The molecule has 132 valence electrons. The molecule has 2 aromatic rings. The Bertz CT molecular complexity index is 737. The molecule has 5 nitrogen and oxygen atoms in total. The summed E-state index contributed by atoms with van der Waals surface area (Å²) in [6.45, 7) is 0.756. The normalized spacial score (nSPS) is 21.7. The Hall–Kier alpha value is -2.14.